The number of phenolic OH excluding ortho intramolecular Hbond substituents is 1. The van der Waals surface area contributed by atoms with E-state index in [9.17, 15) is 27.9 Å². The molecule has 2 aromatic carbocycles. The van der Waals surface area contributed by atoms with Crippen LogP contribution in [0.5, 0.6) is 5.75 Å². The van der Waals surface area contributed by atoms with Gasteiger partial charge in [0.1, 0.15) is 5.75 Å². The van der Waals surface area contributed by atoms with Crippen molar-refractivity contribution in [2.45, 2.75) is 6.18 Å². The molecule has 0 amide bonds. The first-order valence-electron chi connectivity index (χ1n) is 6.44. The SMILES string of the molecule is O=C(COC(=O)c1cccc(O)c1)c1cccc(C(F)(F)F)c1. The molecule has 0 saturated carbocycles. The standard InChI is InChI=1S/C16H11F3O4/c17-16(18,19)12-5-1-3-10(7-12)14(21)9-23-15(22)11-4-2-6-13(20)8-11/h1-8,20H,9H2. The number of ether oxygens (including phenoxy) is 1. The Morgan fingerprint density at radius 2 is 1.65 bits per heavy atom. The van der Waals surface area contributed by atoms with E-state index in [4.69, 9.17) is 4.74 Å². The van der Waals surface area contributed by atoms with Crippen LogP contribution in [0.1, 0.15) is 26.3 Å². The minimum Gasteiger partial charge on any atom is -0.508 e. The van der Waals surface area contributed by atoms with Crippen LogP contribution >= 0.6 is 0 Å². The molecule has 0 fully saturated rings. The highest BCUT2D eigenvalue weighted by Gasteiger charge is 2.30. The number of hydrogen-bond donors (Lipinski definition) is 1. The average Bonchev–Trinajstić information content (AvgIpc) is 2.51. The summed E-state index contributed by atoms with van der Waals surface area (Å²) in [7, 11) is 0. The Bertz CT molecular complexity index is 738. The summed E-state index contributed by atoms with van der Waals surface area (Å²) in [6, 6.07) is 9.14. The molecule has 4 nitrogen and oxygen atoms in total. The third kappa shape index (κ3) is 4.32. The number of carbonyl (C=O) groups excluding carboxylic acids is 2. The van der Waals surface area contributed by atoms with Crippen molar-refractivity contribution in [3.8, 4) is 5.75 Å². The third-order valence-corrected chi connectivity index (χ3v) is 2.93. The van der Waals surface area contributed by atoms with Gasteiger partial charge in [0.2, 0.25) is 0 Å². The summed E-state index contributed by atoms with van der Waals surface area (Å²) in [5, 5.41) is 9.24. The first kappa shape index (κ1) is 16.5. The summed E-state index contributed by atoms with van der Waals surface area (Å²) in [4.78, 5) is 23.5. The highest BCUT2D eigenvalue weighted by atomic mass is 19.4. The van der Waals surface area contributed by atoms with Crippen LogP contribution in [0.2, 0.25) is 0 Å². The van der Waals surface area contributed by atoms with E-state index in [0.717, 1.165) is 18.2 Å². The van der Waals surface area contributed by atoms with Gasteiger partial charge >= 0.3 is 12.1 Å². The maximum Gasteiger partial charge on any atom is 0.416 e. The lowest BCUT2D eigenvalue weighted by atomic mass is 10.1. The number of halogens is 3. The Morgan fingerprint density at radius 1 is 1.00 bits per heavy atom. The number of benzene rings is 2. The molecule has 0 aliphatic heterocycles. The van der Waals surface area contributed by atoms with E-state index >= 15 is 0 Å². The van der Waals surface area contributed by atoms with Gasteiger partial charge in [0.05, 0.1) is 11.1 Å². The molecule has 0 aliphatic rings. The van der Waals surface area contributed by atoms with Gasteiger partial charge in [-0.05, 0) is 30.3 Å². The maximum atomic E-state index is 12.6. The molecule has 0 saturated heterocycles. The summed E-state index contributed by atoms with van der Waals surface area (Å²) >= 11 is 0. The molecular formula is C16H11F3O4. The molecule has 0 bridgehead atoms. The fourth-order valence-electron chi connectivity index (χ4n) is 1.80. The summed E-state index contributed by atoms with van der Waals surface area (Å²) in [5.41, 5.74) is -1.13. The van der Waals surface area contributed by atoms with Gasteiger partial charge in [0.25, 0.3) is 0 Å². The second-order valence-corrected chi connectivity index (χ2v) is 4.63. The normalized spacial score (nSPS) is 11.1. The van der Waals surface area contributed by atoms with Gasteiger partial charge in [-0.15, -0.1) is 0 Å². The second-order valence-electron chi connectivity index (χ2n) is 4.63. The van der Waals surface area contributed by atoms with E-state index in [1.54, 1.807) is 0 Å². The highest BCUT2D eigenvalue weighted by Crippen LogP contribution is 2.29. The fraction of sp³-hybridized carbons (Fsp3) is 0.125. The van der Waals surface area contributed by atoms with E-state index in [2.05, 4.69) is 0 Å². The molecule has 23 heavy (non-hydrogen) atoms. The van der Waals surface area contributed by atoms with Crippen LogP contribution in [0, 0.1) is 0 Å². The van der Waals surface area contributed by atoms with Crippen molar-refractivity contribution in [2.75, 3.05) is 6.61 Å². The van der Waals surface area contributed by atoms with Crippen molar-refractivity contribution in [2.24, 2.45) is 0 Å². The van der Waals surface area contributed by atoms with Crippen molar-refractivity contribution in [3.05, 3.63) is 65.2 Å². The number of alkyl halides is 3. The Balaban J connectivity index is 2.04. The first-order chi connectivity index (χ1) is 10.8. The minimum absolute atomic E-state index is 0.0295. The minimum atomic E-state index is -4.56. The number of hydrogen-bond acceptors (Lipinski definition) is 4. The van der Waals surface area contributed by atoms with Gasteiger partial charge < -0.3 is 9.84 Å². The summed E-state index contributed by atoms with van der Waals surface area (Å²) in [5.74, 6) is -1.77. The smallest absolute Gasteiger partial charge is 0.416 e. The number of Topliss-reactive ketones (excluding diaryl/α,β-unsaturated/α-hetero) is 1. The Morgan fingerprint density at radius 3 is 2.30 bits per heavy atom. The fourth-order valence-corrected chi connectivity index (χ4v) is 1.80. The molecule has 0 atom stereocenters. The predicted octanol–water partition coefficient (Wildman–Crippen LogP) is 3.45. The van der Waals surface area contributed by atoms with E-state index in [1.807, 2.05) is 0 Å². The lowest BCUT2D eigenvalue weighted by Gasteiger charge is -2.08. The summed E-state index contributed by atoms with van der Waals surface area (Å²) in [6.07, 6.45) is -4.56. The topological polar surface area (TPSA) is 63.6 Å². The summed E-state index contributed by atoms with van der Waals surface area (Å²) in [6.45, 7) is -0.699. The molecule has 120 valence electrons. The van der Waals surface area contributed by atoms with Crippen LogP contribution in [0.15, 0.2) is 48.5 Å². The Hall–Kier alpha value is -2.83. The third-order valence-electron chi connectivity index (χ3n) is 2.93. The molecule has 0 unspecified atom stereocenters. The van der Waals surface area contributed by atoms with Gasteiger partial charge in [-0.3, -0.25) is 4.79 Å². The predicted molar refractivity (Wildman–Crippen MR) is 74.2 cm³/mol. The van der Waals surface area contributed by atoms with E-state index in [0.29, 0.717) is 6.07 Å². The quantitative estimate of drug-likeness (QED) is 0.691. The zero-order chi connectivity index (χ0) is 17.0. The van der Waals surface area contributed by atoms with Gasteiger partial charge in [-0.2, -0.15) is 13.2 Å². The van der Waals surface area contributed by atoms with Crippen LogP contribution in [-0.2, 0) is 10.9 Å². The lowest BCUT2D eigenvalue weighted by Crippen LogP contribution is -2.15. The van der Waals surface area contributed by atoms with Crippen molar-refractivity contribution in [1.82, 2.24) is 0 Å². The number of esters is 1. The molecule has 1 N–H and O–H groups in total. The van der Waals surface area contributed by atoms with Gasteiger partial charge in [0.15, 0.2) is 12.4 Å². The zero-order valence-corrected chi connectivity index (χ0v) is 11.6. The summed E-state index contributed by atoms with van der Waals surface area (Å²) < 4.78 is 42.5. The maximum absolute atomic E-state index is 12.6. The zero-order valence-electron chi connectivity index (χ0n) is 11.6. The Labute approximate surface area is 129 Å². The van der Waals surface area contributed by atoms with Crippen molar-refractivity contribution >= 4 is 11.8 Å². The van der Waals surface area contributed by atoms with E-state index < -0.39 is 30.1 Å². The molecule has 0 aliphatic carbocycles. The molecule has 7 heteroatoms. The largest absolute Gasteiger partial charge is 0.508 e. The molecule has 0 spiro atoms. The van der Waals surface area contributed by atoms with Crippen molar-refractivity contribution in [1.29, 1.82) is 0 Å². The molecule has 2 aromatic rings. The van der Waals surface area contributed by atoms with Crippen molar-refractivity contribution in [3.63, 3.8) is 0 Å². The number of aromatic hydroxyl groups is 1. The van der Waals surface area contributed by atoms with Gasteiger partial charge in [-0.25, -0.2) is 4.79 Å². The number of ketones is 1. The van der Waals surface area contributed by atoms with E-state index in [1.165, 1.54) is 24.3 Å². The van der Waals surface area contributed by atoms with E-state index in [-0.39, 0.29) is 16.9 Å². The van der Waals surface area contributed by atoms with Gasteiger partial charge in [-0.1, -0.05) is 18.2 Å². The average molecular weight is 324 g/mol. The van der Waals surface area contributed by atoms with Crippen molar-refractivity contribution < 1.29 is 32.6 Å². The monoisotopic (exact) mass is 324 g/mol. The first-order valence-corrected chi connectivity index (χ1v) is 6.44. The second kappa shape index (κ2) is 6.51. The molecule has 0 aromatic heterocycles. The van der Waals surface area contributed by atoms with Crippen LogP contribution in [0.25, 0.3) is 0 Å². The molecule has 0 radical (unpaired) electrons. The van der Waals surface area contributed by atoms with Crippen LogP contribution < -0.4 is 0 Å². The lowest BCUT2D eigenvalue weighted by molar-refractivity contribution is -0.137. The van der Waals surface area contributed by atoms with Crippen LogP contribution in [-0.4, -0.2) is 23.5 Å². The van der Waals surface area contributed by atoms with Crippen LogP contribution in [0.3, 0.4) is 0 Å². The highest BCUT2D eigenvalue weighted by molar-refractivity contribution is 5.99. The van der Waals surface area contributed by atoms with Gasteiger partial charge in [0, 0.05) is 5.56 Å². The molecule has 0 heterocycles. The number of carbonyl (C=O) groups is 2. The molecular weight excluding hydrogens is 313 g/mol. The number of phenols is 1. The van der Waals surface area contributed by atoms with Crippen LogP contribution in [0.4, 0.5) is 13.2 Å². The number of rotatable bonds is 4. The Kier molecular flexibility index (Phi) is 4.68. The molecule has 2 rings (SSSR count).